The molecule has 0 unspecified atom stereocenters. The topological polar surface area (TPSA) is 95.3 Å². The number of para-hydroxylation sites is 1. The maximum Gasteiger partial charge on any atom is 0.254 e. The fourth-order valence-corrected chi connectivity index (χ4v) is 3.78. The largest absolute Gasteiger partial charge is 0.496 e. The molecule has 5 rings (SSSR count). The third kappa shape index (κ3) is 4.25. The van der Waals surface area contributed by atoms with E-state index in [1.165, 1.54) is 0 Å². The van der Waals surface area contributed by atoms with E-state index in [4.69, 9.17) is 41.8 Å². The van der Waals surface area contributed by atoms with Gasteiger partial charge in [-0.25, -0.2) is 4.98 Å². The summed E-state index contributed by atoms with van der Waals surface area (Å²) in [5.74, 6) is 3.01. The first-order valence-electron chi connectivity index (χ1n) is 10.2. The van der Waals surface area contributed by atoms with E-state index in [-0.39, 0.29) is 6.61 Å². The average molecular weight is 497 g/mol. The number of nitrogens with zero attached hydrogens (tertiary/aromatic N) is 3. The molecule has 0 fully saturated rings. The van der Waals surface area contributed by atoms with E-state index >= 15 is 0 Å². The van der Waals surface area contributed by atoms with E-state index in [0.29, 0.717) is 56.0 Å². The molecule has 0 radical (unpaired) electrons. The molecule has 5 aromatic rings. The van der Waals surface area contributed by atoms with E-state index < -0.39 is 0 Å². The van der Waals surface area contributed by atoms with Crippen molar-refractivity contribution in [2.24, 2.45) is 0 Å². The lowest BCUT2D eigenvalue weighted by atomic mass is 10.2. The van der Waals surface area contributed by atoms with Crippen LogP contribution in [0.15, 0.2) is 59.0 Å². The molecule has 8 nitrogen and oxygen atoms in total. The first-order valence-corrected chi connectivity index (χ1v) is 10.9. The highest BCUT2D eigenvalue weighted by atomic mass is 35.5. The van der Waals surface area contributed by atoms with Gasteiger partial charge in [-0.05, 0) is 42.5 Å². The monoisotopic (exact) mass is 496 g/mol. The third-order valence-electron chi connectivity index (χ3n) is 5.12. The molecule has 3 aromatic carbocycles. The molecule has 1 N–H and O–H groups in total. The lowest BCUT2D eigenvalue weighted by Crippen LogP contribution is -1.98. The number of halogens is 2. The van der Waals surface area contributed by atoms with Crippen LogP contribution in [0.3, 0.4) is 0 Å². The lowest BCUT2D eigenvalue weighted by molar-refractivity contribution is 0.251. The number of rotatable bonds is 7. The summed E-state index contributed by atoms with van der Waals surface area (Å²) in [4.78, 5) is 7.83. The molecule has 0 saturated carbocycles. The Morgan fingerprint density at radius 1 is 0.882 bits per heavy atom. The Kier molecular flexibility index (Phi) is 6.00. The molecule has 0 aliphatic heterocycles. The predicted molar refractivity (Wildman–Crippen MR) is 129 cm³/mol. The molecule has 2 aromatic heterocycles. The standard InChI is InChI=1S/C24H18Cl2N4O4/c1-31-19-6-4-3-5-14(19)24-30-29-22(34-24)12-33-20-8-7-13(9-21(20)32-2)23-27-17-10-15(25)16(26)11-18(17)28-23/h3-11H,12H2,1-2H3,(H,27,28). The van der Waals surface area contributed by atoms with Gasteiger partial charge in [0.15, 0.2) is 18.1 Å². The summed E-state index contributed by atoms with van der Waals surface area (Å²) in [5, 5.41) is 9.07. The van der Waals surface area contributed by atoms with Gasteiger partial charge in [-0.15, -0.1) is 10.2 Å². The van der Waals surface area contributed by atoms with E-state index in [1.54, 1.807) is 32.4 Å². The minimum Gasteiger partial charge on any atom is -0.496 e. The molecule has 0 atom stereocenters. The molecular weight excluding hydrogens is 479 g/mol. The number of aromatic amines is 1. The van der Waals surface area contributed by atoms with Crippen LogP contribution in [0.1, 0.15) is 5.89 Å². The zero-order valence-corrected chi connectivity index (χ0v) is 19.6. The van der Waals surface area contributed by atoms with Crippen LogP contribution in [0, 0.1) is 0 Å². The van der Waals surface area contributed by atoms with Crippen molar-refractivity contribution in [2.45, 2.75) is 6.61 Å². The third-order valence-corrected chi connectivity index (χ3v) is 5.84. The minimum atomic E-state index is 0.0689. The molecular formula is C24H18Cl2N4O4. The normalized spacial score (nSPS) is 11.1. The molecule has 0 saturated heterocycles. The molecule has 0 bridgehead atoms. The summed E-state index contributed by atoms with van der Waals surface area (Å²) in [5.41, 5.74) is 3.01. The van der Waals surface area contributed by atoms with Gasteiger partial charge in [0.2, 0.25) is 0 Å². The zero-order valence-electron chi connectivity index (χ0n) is 18.1. The van der Waals surface area contributed by atoms with Crippen LogP contribution in [-0.2, 0) is 6.61 Å². The predicted octanol–water partition coefficient (Wildman–Crippen LogP) is 6.18. The zero-order chi connectivity index (χ0) is 23.7. The van der Waals surface area contributed by atoms with Gasteiger partial charge in [0.05, 0.1) is 40.9 Å². The number of hydrogen-bond acceptors (Lipinski definition) is 7. The summed E-state index contributed by atoms with van der Waals surface area (Å²) >= 11 is 12.2. The Morgan fingerprint density at radius 2 is 1.68 bits per heavy atom. The van der Waals surface area contributed by atoms with Crippen molar-refractivity contribution in [2.75, 3.05) is 14.2 Å². The van der Waals surface area contributed by atoms with E-state index in [0.717, 1.165) is 11.1 Å². The van der Waals surface area contributed by atoms with Gasteiger partial charge < -0.3 is 23.6 Å². The summed E-state index contributed by atoms with van der Waals surface area (Å²) in [6.45, 7) is 0.0689. The van der Waals surface area contributed by atoms with Gasteiger partial charge in [-0.3, -0.25) is 0 Å². The maximum atomic E-state index is 6.11. The van der Waals surface area contributed by atoms with Crippen molar-refractivity contribution in [1.82, 2.24) is 20.2 Å². The summed E-state index contributed by atoms with van der Waals surface area (Å²) in [7, 11) is 3.15. The Labute approximate surface area is 204 Å². The molecule has 172 valence electrons. The lowest BCUT2D eigenvalue weighted by Gasteiger charge is -2.10. The van der Waals surface area contributed by atoms with Gasteiger partial charge in [0, 0.05) is 5.56 Å². The Morgan fingerprint density at radius 3 is 2.50 bits per heavy atom. The number of imidazole rings is 1. The SMILES string of the molecule is COc1cc(-c2nc3cc(Cl)c(Cl)cc3[nH]2)ccc1OCc1nnc(-c2ccccc2OC)o1. The fourth-order valence-electron chi connectivity index (χ4n) is 3.46. The van der Waals surface area contributed by atoms with E-state index in [9.17, 15) is 0 Å². The highest BCUT2D eigenvalue weighted by Gasteiger charge is 2.15. The Hall–Kier alpha value is -3.75. The van der Waals surface area contributed by atoms with Gasteiger partial charge in [0.1, 0.15) is 11.6 Å². The molecule has 2 heterocycles. The Balaban J connectivity index is 1.35. The van der Waals surface area contributed by atoms with Crippen molar-refractivity contribution in [1.29, 1.82) is 0 Å². The first-order chi connectivity index (χ1) is 16.6. The van der Waals surface area contributed by atoms with Crippen LogP contribution in [0.4, 0.5) is 0 Å². The number of fused-ring (bicyclic) bond motifs is 1. The van der Waals surface area contributed by atoms with Crippen molar-refractivity contribution in [3.63, 3.8) is 0 Å². The number of ether oxygens (including phenoxy) is 3. The summed E-state index contributed by atoms with van der Waals surface area (Å²) in [6.07, 6.45) is 0. The minimum absolute atomic E-state index is 0.0689. The molecule has 0 amide bonds. The number of methoxy groups -OCH3 is 2. The summed E-state index contributed by atoms with van der Waals surface area (Å²) in [6, 6.07) is 16.4. The number of benzene rings is 3. The number of H-pyrrole nitrogens is 1. The fraction of sp³-hybridized carbons (Fsp3) is 0.125. The van der Waals surface area contributed by atoms with Crippen molar-refractivity contribution < 1.29 is 18.6 Å². The molecule has 0 aliphatic rings. The average Bonchev–Trinajstić information content (AvgIpc) is 3.50. The second-order valence-electron chi connectivity index (χ2n) is 7.22. The number of aromatic nitrogens is 4. The van der Waals surface area contributed by atoms with Crippen molar-refractivity contribution in [3.8, 4) is 40.1 Å². The Bertz CT molecular complexity index is 1440. The summed E-state index contributed by atoms with van der Waals surface area (Å²) < 4.78 is 22.5. The molecule has 0 spiro atoms. The molecule has 0 aliphatic carbocycles. The van der Waals surface area contributed by atoms with Crippen LogP contribution >= 0.6 is 23.2 Å². The second-order valence-corrected chi connectivity index (χ2v) is 8.04. The van der Waals surface area contributed by atoms with Crippen LogP contribution in [0.5, 0.6) is 17.2 Å². The van der Waals surface area contributed by atoms with Crippen LogP contribution in [-0.4, -0.2) is 34.4 Å². The maximum absolute atomic E-state index is 6.11. The highest BCUT2D eigenvalue weighted by molar-refractivity contribution is 6.42. The second kappa shape index (κ2) is 9.24. The molecule has 10 heteroatoms. The van der Waals surface area contributed by atoms with Crippen LogP contribution in [0.2, 0.25) is 10.0 Å². The van der Waals surface area contributed by atoms with Crippen molar-refractivity contribution in [3.05, 3.63) is 70.5 Å². The van der Waals surface area contributed by atoms with Crippen LogP contribution in [0.25, 0.3) is 33.9 Å². The quantitative estimate of drug-likeness (QED) is 0.287. The number of nitrogens with one attached hydrogen (secondary N) is 1. The van der Waals surface area contributed by atoms with E-state index in [1.807, 2.05) is 36.4 Å². The first kappa shape index (κ1) is 22.1. The van der Waals surface area contributed by atoms with Gasteiger partial charge in [-0.1, -0.05) is 35.3 Å². The highest BCUT2D eigenvalue weighted by Crippen LogP contribution is 2.34. The number of hydrogen-bond donors (Lipinski definition) is 1. The molecule has 34 heavy (non-hydrogen) atoms. The van der Waals surface area contributed by atoms with Gasteiger partial charge in [0.25, 0.3) is 11.8 Å². The van der Waals surface area contributed by atoms with Gasteiger partial charge >= 0.3 is 0 Å². The van der Waals surface area contributed by atoms with Gasteiger partial charge in [-0.2, -0.15) is 0 Å². The smallest absolute Gasteiger partial charge is 0.254 e. The van der Waals surface area contributed by atoms with Crippen LogP contribution < -0.4 is 14.2 Å². The van der Waals surface area contributed by atoms with E-state index in [2.05, 4.69) is 20.2 Å². The van der Waals surface area contributed by atoms with Crippen molar-refractivity contribution >= 4 is 34.2 Å².